The Morgan fingerprint density at radius 1 is 0.765 bits per heavy atom. The van der Waals surface area contributed by atoms with Gasteiger partial charge in [-0.05, 0) is 47.7 Å². The number of Topliss-reactive ketones (excluding diaryl/α,β-unsaturated/α-hetero) is 1. The van der Waals surface area contributed by atoms with Gasteiger partial charge in [-0.25, -0.2) is 0 Å². The van der Waals surface area contributed by atoms with Gasteiger partial charge in [0.1, 0.15) is 0 Å². The van der Waals surface area contributed by atoms with Crippen molar-refractivity contribution in [1.29, 1.82) is 0 Å². The highest BCUT2D eigenvalue weighted by atomic mass is 16.5. The van der Waals surface area contributed by atoms with Crippen molar-refractivity contribution in [1.82, 2.24) is 0 Å². The molecular formula is C28H28N2O4. The molecular weight excluding hydrogens is 428 g/mol. The largest absolute Gasteiger partial charge is 0.493 e. The number of hydrogen-bond acceptors (Lipinski definition) is 6. The van der Waals surface area contributed by atoms with Crippen LogP contribution in [0.5, 0.6) is 17.2 Å². The summed E-state index contributed by atoms with van der Waals surface area (Å²) in [6.45, 7) is 0. The lowest BCUT2D eigenvalue weighted by Crippen LogP contribution is -2.27. The van der Waals surface area contributed by atoms with Crippen LogP contribution in [0.2, 0.25) is 0 Å². The number of fused-ring (bicyclic) bond motifs is 1. The number of anilines is 2. The van der Waals surface area contributed by atoms with Crippen LogP contribution in [0, 0.1) is 0 Å². The van der Waals surface area contributed by atoms with Crippen molar-refractivity contribution in [3.05, 3.63) is 89.1 Å². The standard InChI is InChI=1S/C28H28N2O4/c1-32-24-15-19(16-25(33-2)28(24)34-3)27-26-22(29-20-11-7-8-12-21(20)30-27)13-18(14-23(26)31)17-9-5-4-6-10-17/h4-12,15-16,18,27,29-30H,13-14H2,1-3H3/t18-,27+/m1/s1. The summed E-state index contributed by atoms with van der Waals surface area (Å²) in [6, 6.07) is 21.7. The van der Waals surface area contributed by atoms with Crippen LogP contribution in [0.1, 0.15) is 35.9 Å². The molecule has 0 amide bonds. The molecule has 5 rings (SSSR count). The second-order valence-electron chi connectivity index (χ2n) is 8.54. The van der Waals surface area contributed by atoms with Gasteiger partial charge in [-0.1, -0.05) is 42.5 Å². The minimum atomic E-state index is -0.371. The van der Waals surface area contributed by atoms with Crippen molar-refractivity contribution in [2.45, 2.75) is 24.8 Å². The van der Waals surface area contributed by atoms with E-state index in [0.717, 1.165) is 34.6 Å². The van der Waals surface area contributed by atoms with E-state index in [1.54, 1.807) is 21.3 Å². The molecule has 6 heteroatoms. The molecule has 0 aromatic heterocycles. The van der Waals surface area contributed by atoms with E-state index in [1.807, 2.05) is 54.6 Å². The Labute approximate surface area is 199 Å². The smallest absolute Gasteiger partial charge is 0.203 e. The zero-order valence-corrected chi connectivity index (χ0v) is 19.6. The first-order valence-corrected chi connectivity index (χ1v) is 11.4. The molecule has 2 N–H and O–H groups in total. The highest BCUT2D eigenvalue weighted by Gasteiger charge is 2.36. The minimum absolute atomic E-state index is 0.127. The first kappa shape index (κ1) is 21.9. The van der Waals surface area contributed by atoms with Crippen molar-refractivity contribution in [2.75, 3.05) is 32.0 Å². The summed E-state index contributed by atoms with van der Waals surface area (Å²) in [5.41, 5.74) is 5.62. The Morgan fingerprint density at radius 2 is 1.41 bits per heavy atom. The maximum absolute atomic E-state index is 13.7. The summed E-state index contributed by atoms with van der Waals surface area (Å²) in [4.78, 5) is 13.7. The molecule has 6 nitrogen and oxygen atoms in total. The Kier molecular flexibility index (Phi) is 5.88. The van der Waals surface area contributed by atoms with E-state index in [0.29, 0.717) is 23.7 Å². The van der Waals surface area contributed by atoms with Crippen LogP contribution in [-0.2, 0) is 4.79 Å². The van der Waals surface area contributed by atoms with E-state index < -0.39 is 0 Å². The third kappa shape index (κ3) is 3.85. The number of allylic oxidation sites excluding steroid dienone is 1. The van der Waals surface area contributed by atoms with Crippen molar-refractivity contribution < 1.29 is 19.0 Å². The summed E-state index contributed by atoms with van der Waals surface area (Å²) >= 11 is 0. The zero-order valence-electron chi connectivity index (χ0n) is 19.6. The zero-order chi connectivity index (χ0) is 23.7. The number of rotatable bonds is 5. The first-order valence-electron chi connectivity index (χ1n) is 11.4. The topological polar surface area (TPSA) is 68.8 Å². The van der Waals surface area contributed by atoms with Crippen LogP contribution in [0.15, 0.2) is 78.0 Å². The lowest BCUT2D eigenvalue weighted by molar-refractivity contribution is -0.116. The van der Waals surface area contributed by atoms with Gasteiger partial charge in [0.05, 0.1) is 38.7 Å². The molecule has 0 spiro atoms. The van der Waals surface area contributed by atoms with Crippen molar-refractivity contribution in [3.8, 4) is 17.2 Å². The fourth-order valence-corrected chi connectivity index (χ4v) is 4.97. The Balaban J connectivity index is 1.65. The minimum Gasteiger partial charge on any atom is -0.493 e. The van der Waals surface area contributed by atoms with E-state index in [1.165, 1.54) is 5.56 Å². The molecule has 3 aromatic carbocycles. The third-order valence-electron chi connectivity index (χ3n) is 6.60. The number of hydrogen-bond donors (Lipinski definition) is 2. The highest BCUT2D eigenvalue weighted by Crippen LogP contribution is 2.47. The number of ketones is 1. The van der Waals surface area contributed by atoms with Crippen molar-refractivity contribution in [2.24, 2.45) is 0 Å². The number of methoxy groups -OCH3 is 3. The predicted octanol–water partition coefficient (Wildman–Crippen LogP) is 5.69. The van der Waals surface area contributed by atoms with E-state index in [-0.39, 0.29) is 17.7 Å². The fourth-order valence-electron chi connectivity index (χ4n) is 4.97. The van der Waals surface area contributed by atoms with E-state index in [4.69, 9.17) is 14.2 Å². The molecule has 1 aliphatic heterocycles. The van der Waals surface area contributed by atoms with Gasteiger partial charge in [0.25, 0.3) is 0 Å². The number of nitrogens with one attached hydrogen (secondary N) is 2. The second-order valence-corrected chi connectivity index (χ2v) is 8.54. The maximum Gasteiger partial charge on any atom is 0.203 e. The van der Waals surface area contributed by atoms with Gasteiger partial charge in [0, 0.05) is 17.7 Å². The number of ether oxygens (including phenoxy) is 3. The van der Waals surface area contributed by atoms with Gasteiger partial charge in [0.15, 0.2) is 17.3 Å². The van der Waals surface area contributed by atoms with Crippen LogP contribution in [0.3, 0.4) is 0 Å². The van der Waals surface area contributed by atoms with Gasteiger partial charge < -0.3 is 24.8 Å². The number of carbonyl (C=O) groups is 1. The summed E-state index contributed by atoms with van der Waals surface area (Å²) < 4.78 is 16.7. The van der Waals surface area contributed by atoms with E-state index in [9.17, 15) is 4.79 Å². The molecule has 2 aliphatic rings. The quantitative estimate of drug-likeness (QED) is 0.514. The number of carbonyl (C=O) groups excluding carboxylic acids is 1. The summed E-state index contributed by atoms with van der Waals surface area (Å²) in [5.74, 6) is 1.88. The van der Waals surface area contributed by atoms with Gasteiger partial charge in [0.2, 0.25) is 5.75 Å². The lowest BCUT2D eigenvalue weighted by atomic mass is 9.78. The second kappa shape index (κ2) is 9.14. The predicted molar refractivity (Wildman–Crippen MR) is 133 cm³/mol. The number of para-hydroxylation sites is 2. The maximum atomic E-state index is 13.7. The van der Waals surface area contributed by atoms with Gasteiger partial charge in [-0.3, -0.25) is 4.79 Å². The Bertz CT molecular complexity index is 1230. The monoisotopic (exact) mass is 456 g/mol. The van der Waals surface area contributed by atoms with Crippen LogP contribution in [0.25, 0.3) is 0 Å². The highest BCUT2D eigenvalue weighted by molar-refractivity contribution is 6.01. The van der Waals surface area contributed by atoms with E-state index >= 15 is 0 Å². The molecule has 2 atom stereocenters. The van der Waals surface area contributed by atoms with Crippen LogP contribution in [-0.4, -0.2) is 27.1 Å². The normalized spacial score (nSPS) is 19.2. The van der Waals surface area contributed by atoms with Crippen molar-refractivity contribution >= 4 is 17.2 Å². The lowest BCUT2D eigenvalue weighted by Gasteiger charge is -2.30. The first-order chi connectivity index (χ1) is 16.6. The van der Waals surface area contributed by atoms with Crippen molar-refractivity contribution in [3.63, 3.8) is 0 Å². The molecule has 0 fully saturated rings. The van der Waals surface area contributed by atoms with Crippen LogP contribution in [0.4, 0.5) is 11.4 Å². The summed E-state index contributed by atoms with van der Waals surface area (Å²) in [6.07, 6.45) is 1.21. The molecule has 174 valence electrons. The molecule has 1 aliphatic carbocycles. The van der Waals surface area contributed by atoms with Gasteiger partial charge >= 0.3 is 0 Å². The van der Waals surface area contributed by atoms with Crippen LogP contribution >= 0.6 is 0 Å². The van der Waals surface area contributed by atoms with Crippen LogP contribution < -0.4 is 24.8 Å². The van der Waals surface area contributed by atoms with Gasteiger partial charge in [-0.15, -0.1) is 0 Å². The fraction of sp³-hybridized carbons (Fsp3) is 0.250. The Morgan fingerprint density at radius 3 is 2.06 bits per heavy atom. The average molecular weight is 457 g/mol. The van der Waals surface area contributed by atoms with Gasteiger partial charge in [-0.2, -0.15) is 0 Å². The molecule has 0 unspecified atom stereocenters. The number of benzene rings is 3. The molecule has 0 bridgehead atoms. The summed E-state index contributed by atoms with van der Waals surface area (Å²) in [7, 11) is 4.78. The summed E-state index contributed by atoms with van der Waals surface area (Å²) in [5, 5.41) is 7.19. The molecule has 1 heterocycles. The average Bonchev–Trinajstić information content (AvgIpc) is 3.05. The molecule has 3 aromatic rings. The third-order valence-corrected chi connectivity index (χ3v) is 6.60. The SMILES string of the molecule is COc1cc([C@@H]2Nc3ccccc3NC3=C2C(=O)C[C@H](c2ccccc2)C3)cc(OC)c1OC. The molecule has 0 saturated heterocycles. The molecule has 34 heavy (non-hydrogen) atoms. The van der Waals surface area contributed by atoms with E-state index in [2.05, 4.69) is 22.8 Å². The Hall–Kier alpha value is -3.93. The molecule has 0 radical (unpaired) electrons. The molecule has 0 saturated carbocycles.